The highest BCUT2D eigenvalue weighted by Crippen LogP contribution is 2.35. The molecule has 4 amide bonds. The Hall–Kier alpha value is -3.26. The summed E-state index contributed by atoms with van der Waals surface area (Å²) < 4.78 is 0.876. The lowest BCUT2D eigenvalue weighted by atomic mass is 9.85. The Morgan fingerprint density at radius 2 is 1.62 bits per heavy atom. The lowest BCUT2D eigenvalue weighted by Crippen LogP contribution is -2.51. The number of carbonyl (C=O) groups excluding carboxylic acids is 4. The van der Waals surface area contributed by atoms with Crippen molar-refractivity contribution in [2.45, 2.75) is 52.1 Å². The Kier molecular flexibility index (Phi) is 9.73. The molecule has 0 saturated carbocycles. The number of imide groups is 1. The molecule has 39 heavy (non-hydrogen) atoms. The zero-order valence-electron chi connectivity index (χ0n) is 22.5. The van der Waals surface area contributed by atoms with Crippen LogP contribution in [-0.2, 0) is 32.1 Å². The molecule has 4 rings (SSSR count). The summed E-state index contributed by atoms with van der Waals surface area (Å²) in [6.07, 6.45) is 5.33. The summed E-state index contributed by atoms with van der Waals surface area (Å²) >= 11 is 3.50. The predicted octanol–water partition coefficient (Wildman–Crippen LogP) is 4.50. The normalized spacial score (nSPS) is 19.2. The molecular weight excluding hydrogens is 558 g/mol. The second-order valence-corrected chi connectivity index (χ2v) is 11.6. The summed E-state index contributed by atoms with van der Waals surface area (Å²) in [6, 6.07) is 16.5. The van der Waals surface area contributed by atoms with Crippen molar-refractivity contribution in [1.82, 2.24) is 15.1 Å². The Morgan fingerprint density at radius 1 is 0.974 bits per heavy atom. The van der Waals surface area contributed by atoms with Gasteiger partial charge in [0.15, 0.2) is 0 Å². The van der Waals surface area contributed by atoms with Gasteiger partial charge in [0.2, 0.25) is 23.6 Å². The van der Waals surface area contributed by atoms with Gasteiger partial charge in [-0.15, -0.1) is 0 Å². The molecule has 1 N–H and O–H groups in total. The molecule has 0 aromatic heterocycles. The van der Waals surface area contributed by atoms with Gasteiger partial charge in [-0.05, 0) is 42.0 Å². The first-order valence-corrected chi connectivity index (χ1v) is 14.4. The van der Waals surface area contributed by atoms with E-state index in [9.17, 15) is 19.2 Å². The molecule has 0 spiro atoms. The smallest absolute Gasteiger partial charge is 0.243 e. The van der Waals surface area contributed by atoms with Gasteiger partial charge in [-0.2, -0.15) is 0 Å². The van der Waals surface area contributed by atoms with Crippen LogP contribution in [0.2, 0.25) is 0 Å². The number of hydrogen-bond acceptors (Lipinski definition) is 4. The molecule has 7 nitrogen and oxygen atoms in total. The number of allylic oxidation sites excluding steroid dienone is 2. The molecule has 1 fully saturated rings. The fourth-order valence-electron chi connectivity index (χ4n) is 5.25. The van der Waals surface area contributed by atoms with Gasteiger partial charge in [0.05, 0.1) is 11.8 Å². The number of nitrogens with one attached hydrogen (secondary N) is 1. The van der Waals surface area contributed by atoms with E-state index in [1.54, 1.807) is 4.90 Å². The molecule has 1 unspecified atom stereocenters. The van der Waals surface area contributed by atoms with Crippen molar-refractivity contribution in [3.05, 3.63) is 82.3 Å². The van der Waals surface area contributed by atoms with Crippen LogP contribution in [0.25, 0.3) is 0 Å². The summed E-state index contributed by atoms with van der Waals surface area (Å²) in [7, 11) is 0. The summed E-state index contributed by atoms with van der Waals surface area (Å²) in [6.45, 7) is 4.78. The molecule has 1 aliphatic heterocycles. The van der Waals surface area contributed by atoms with Crippen molar-refractivity contribution in [1.29, 1.82) is 0 Å². The van der Waals surface area contributed by atoms with Crippen LogP contribution >= 0.6 is 15.9 Å². The SMILES string of the molecule is CC(C)CNC(=O)C(Cc1ccccc1)N(Cc1cccc(Br)c1)C(=O)CCN1C(=O)[C@H]2CC=CC[C@H]2C1=O. The van der Waals surface area contributed by atoms with Gasteiger partial charge >= 0.3 is 0 Å². The number of fused-ring (bicyclic) bond motifs is 1. The predicted molar refractivity (Wildman–Crippen MR) is 153 cm³/mol. The Balaban J connectivity index is 1.58. The molecule has 2 aliphatic rings. The molecule has 1 heterocycles. The largest absolute Gasteiger partial charge is 0.354 e. The van der Waals surface area contributed by atoms with E-state index in [-0.39, 0.29) is 60.9 Å². The van der Waals surface area contributed by atoms with Crippen LogP contribution in [0.15, 0.2) is 71.2 Å². The van der Waals surface area contributed by atoms with E-state index in [1.807, 2.05) is 80.6 Å². The van der Waals surface area contributed by atoms with Gasteiger partial charge in [-0.1, -0.05) is 84.4 Å². The highest BCUT2D eigenvalue weighted by molar-refractivity contribution is 9.10. The highest BCUT2D eigenvalue weighted by Gasteiger charge is 2.47. The van der Waals surface area contributed by atoms with Gasteiger partial charge in [0.25, 0.3) is 0 Å². The number of likely N-dealkylation sites (tertiary alicyclic amines) is 1. The van der Waals surface area contributed by atoms with Gasteiger partial charge in [0, 0.05) is 36.9 Å². The molecule has 8 heteroatoms. The number of benzene rings is 2. The molecule has 3 atom stereocenters. The molecule has 2 aromatic rings. The van der Waals surface area contributed by atoms with Crippen LogP contribution in [0.3, 0.4) is 0 Å². The van der Waals surface area contributed by atoms with Gasteiger partial charge in [-0.25, -0.2) is 0 Å². The third-order valence-electron chi connectivity index (χ3n) is 7.35. The average molecular weight is 595 g/mol. The maximum atomic E-state index is 13.9. The summed E-state index contributed by atoms with van der Waals surface area (Å²) in [4.78, 5) is 56.2. The quantitative estimate of drug-likeness (QED) is 0.307. The van der Waals surface area contributed by atoms with E-state index >= 15 is 0 Å². The van der Waals surface area contributed by atoms with Crippen LogP contribution in [0.1, 0.15) is 44.2 Å². The first-order valence-electron chi connectivity index (χ1n) is 13.6. The molecule has 0 radical (unpaired) electrons. The minimum atomic E-state index is -0.755. The Morgan fingerprint density at radius 3 is 2.23 bits per heavy atom. The number of carbonyl (C=O) groups is 4. The number of halogens is 1. The summed E-state index contributed by atoms with van der Waals surface area (Å²) in [5, 5.41) is 3.01. The van der Waals surface area contributed by atoms with Crippen molar-refractivity contribution in [3.63, 3.8) is 0 Å². The lowest BCUT2D eigenvalue weighted by molar-refractivity contribution is -0.144. The van der Waals surface area contributed by atoms with E-state index in [4.69, 9.17) is 0 Å². The van der Waals surface area contributed by atoms with E-state index in [0.717, 1.165) is 15.6 Å². The Labute approximate surface area is 238 Å². The molecule has 1 aliphatic carbocycles. The van der Waals surface area contributed by atoms with Crippen LogP contribution in [0, 0.1) is 17.8 Å². The van der Waals surface area contributed by atoms with Crippen molar-refractivity contribution in [2.75, 3.05) is 13.1 Å². The van der Waals surface area contributed by atoms with E-state index in [2.05, 4.69) is 21.2 Å². The molecule has 1 saturated heterocycles. The second-order valence-electron chi connectivity index (χ2n) is 10.7. The first-order chi connectivity index (χ1) is 18.7. The third-order valence-corrected chi connectivity index (χ3v) is 7.84. The standard InChI is InChI=1S/C31H36BrN3O4/c1-21(2)19-33-29(37)27(18-22-9-4-3-5-10-22)35(20-23-11-8-12-24(32)17-23)28(36)15-16-34-30(38)25-13-6-7-14-26(25)31(34)39/h3-12,17,21,25-27H,13-16,18-20H2,1-2H3,(H,33,37)/t25-,26+,27?. The number of nitrogens with zero attached hydrogens (tertiary/aromatic N) is 2. The fourth-order valence-corrected chi connectivity index (χ4v) is 5.70. The van der Waals surface area contributed by atoms with Crippen LogP contribution in [0.4, 0.5) is 0 Å². The monoisotopic (exact) mass is 593 g/mol. The zero-order valence-corrected chi connectivity index (χ0v) is 24.1. The zero-order chi connectivity index (χ0) is 27.9. The summed E-state index contributed by atoms with van der Waals surface area (Å²) in [5.74, 6) is -1.30. The summed E-state index contributed by atoms with van der Waals surface area (Å²) in [5.41, 5.74) is 1.81. The van der Waals surface area contributed by atoms with Crippen LogP contribution in [0.5, 0.6) is 0 Å². The number of hydrogen-bond donors (Lipinski definition) is 1. The van der Waals surface area contributed by atoms with Crippen molar-refractivity contribution >= 4 is 39.6 Å². The second kappa shape index (κ2) is 13.2. The van der Waals surface area contributed by atoms with Crippen molar-refractivity contribution in [2.24, 2.45) is 17.8 Å². The van der Waals surface area contributed by atoms with Gasteiger partial charge < -0.3 is 10.2 Å². The minimum Gasteiger partial charge on any atom is -0.354 e. The molecular formula is C31H36BrN3O4. The van der Waals surface area contributed by atoms with Gasteiger partial charge in [-0.3, -0.25) is 24.1 Å². The maximum absolute atomic E-state index is 13.9. The first kappa shape index (κ1) is 28.7. The van der Waals surface area contributed by atoms with Crippen LogP contribution in [-0.4, -0.2) is 52.6 Å². The van der Waals surface area contributed by atoms with Gasteiger partial charge in [0.1, 0.15) is 6.04 Å². The van der Waals surface area contributed by atoms with Crippen molar-refractivity contribution in [3.8, 4) is 0 Å². The fraction of sp³-hybridized carbons (Fsp3) is 0.419. The van der Waals surface area contributed by atoms with Crippen molar-refractivity contribution < 1.29 is 19.2 Å². The molecule has 206 valence electrons. The topological polar surface area (TPSA) is 86.8 Å². The van der Waals surface area contributed by atoms with E-state index in [0.29, 0.717) is 25.8 Å². The van der Waals surface area contributed by atoms with E-state index in [1.165, 1.54) is 4.90 Å². The third kappa shape index (κ3) is 7.24. The number of rotatable bonds is 11. The maximum Gasteiger partial charge on any atom is 0.243 e. The lowest BCUT2D eigenvalue weighted by Gasteiger charge is -2.32. The average Bonchev–Trinajstić information content (AvgIpc) is 3.17. The molecule has 2 aromatic carbocycles. The highest BCUT2D eigenvalue weighted by atomic mass is 79.9. The Bertz CT molecular complexity index is 1200. The molecule has 0 bridgehead atoms. The minimum absolute atomic E-state index is 0.0180. The van der Waals surface area contributed by atoms with E-state index < -0.39 is 6.04 Å². The van der Waals surface area contributed by atoms with Crippen LogP contribution < -0.4 is 5.32 Å². The number of amides is 4.